The van der Waals surface area contributed by atoms with Crippen molar-refractivity contribution in [3.8, 4) is 0 Å². The van der Waals surface area contributed by atoms with E-state index in [1.807, 2.05) is 0 Å². The van der Waals surface area contributed by atoms with E-state index in [0.29, 0.717) is 61.8 Å². The van der Waals surface area contributed by atoms with Gasteiger partial charge in [0.25, 0.3) is 0 Å². The van der Waals surface area contributed by atoms with Gasteiger partial charge in [0, 0.05) is 32.4 Å². The van der Waals surface area contributed by atoms with Crippen molar-refractivity contribution in [3.63, 3.8) is 0 Å². The quantitative estimate of drug-likeness (QED) is 0.849. The second kappa shape index (κ2) is 7.94. The summed E-state index contributed by atoms with van der Waals surface area (Å²) in [7, 11) is 1.63. The zero-order chi connectivity index (χ0) is 16.3. The average molecular weight is 356 g/mol. The van der Waals surface area contributed by atoms with Gasteiger partial charge >= 0.3 is 0 Å². The van der Waals surface area contributed by atoms with Gasteiger partial charge in [0.05, 0.1) is 6.61 Å². The van der Waals surface area contributed by atoms with Gasteiger partial charge in [0.2, 0.25) is 5.91 Å². The molecule has 1 saturated heterocycles. The Morgan fingerprint density at radius 2 is 2.17 bits per heavy atom. The minimum atomic E-state index is -0.874. The van der Waals surface area contributed by atoms with Crippen LogP contribution in [0.25, 0.3) is 11.1 Å². The molecule has 0 bridgehead atoms. The van der Waals surface area contributed by atoms with E-state index in [2.05, 4.69) is 10.3 Å². The van der Waals surface area contributed by atoms with E-state index in [4.69, 9.17) is 19.6 Å². The summed E-state index contributed by atoms with van der Waals surface area (Å²) in [5.74, 6) is 0.424. The molecule has 3 rings (SSSR count). The smallest absolute Gasteiger partial charge is 0.244 e. The van der Waals surface area contributed by atoms with Crippen LogP contribution >= 0.6 is 12.4 Å². The molecule has 0 radical (unpaired) electrons. The number of fused-ring (bicyclic) bond motifs is 1. The van der Waals surface area contributed by atoms with Gasteiger partial charge in [0.15, 0.2) is 11.5 Å². The molecule has 1 aliphatic heterocycles. The molecule has 1 aromatic carbocycles. The number of carbonyl (C=O) groups is 1. The van der Waals surface area contributed by atoms with Gasteiger partial charge in [0.1, 0.15) is 11.1 Å². The number of nitrogens with one attached hydrogen (secondary N) is 1. The number of aromatic nitrogens is 1. The van der Waals surface area contributed by atoms with Gasteiger partial charge in [-0.1, -0.05) is 0 Å². The zero-order valence-corrected chi connectivity index (χ0v) is 14.4. The number of hydrogen-bond donors (Lipinski definition) is 2. The van der Waals surface area contributed by atoms with E-state index in [9.17, 15) is 4.79 Å². The predicted octanol–water partition coefficient (Wildman–Crippen LogP) is 1.88. The lowest BCUT2D eigenvalue weighted by Crippen LogP contribution is -2.54. The van der Waals surface area contributed by atoms with Crippen molar-refractivity contribution >= 4 is 35.1 Å². The van der Waals surface area contributed by atoms with Crippen molar-refractivity contribution in [2.45, 2.75) is 24.8 Å². The monoisotopic (exact) mass is 355 g/mol. The number of benzene rings is 1. The molecular weight excluding hydrogens is 334 g/mol. The molecule has 0 spiro atoms. The van der Waals surface area contributed by atoms with Crippen LogP contribution in [-0.2, 0) is 20.7 Å². The van der Waals surface area contributed by atoms with Crippen LogP contribution in [0.4, 0.5) is 5.69 Å². The molecule has 0 saturated carbocycles. The second-order valence-corrected chi connectivity index (χ2v) is 5.76. The lowest BCUT2D eigenvalue weighted by Gasteiger charge is -2.31. The molecule has 7 nitrogen and oxygen atoms in total. The molecule has 132 valence electrons. The molecule has 8 heteroatoms. The highest BCUT2D eigenvalue weighted by Crippen LogP contribution is 2.23. The first-order valence-electron chi connectivity index (χ1n) is 7.67. The van der Waals surface area contributed by atoms with E-state index < -0.39 is 5.54 Å². The highest BCUT2D eigenvalue weighted by atomic mass is 35.5. The van der Waals surface area contributed by atoms with E-state index >= 15 is 0 Å². The maximum Gasteiger partial charge on any atom is 0.244 e. The third-order valence-corrected chi connectivity index (χ3v) is 4.05. The molecule has 0 atom stereocenters. The molecule has 2 aromatic rings. The number of rotatable bonds is 5. The second-order valence-electron chi connectivity index (χ2n) is 5.76. The third-order valence-electron chi connectivity index (χ3n) is 4.05. The number of halogens is 1. The van der Waals surface area contributed by atoms with E-state index in [1.165, 1.54) is 0 Å². The fourth-order valence-electron chi connectivity index (χ4n) is 2.57. The van der Waals surface area contributed by atoms with Crippen LogP contribution in [0, 0.1) is 0 Å². The zero-order valence-electron chi connectivity index (χ0n) is 13.5. The minimum Gasteiger partial charge on any atom is -0.441 e. The predicted molar refractivity (Wildman–Crippen MR) is 92.4 cm³/mol. The average Bonchev–Trinajstić information content (AvgIpc) is 2.95. The van der Waals surface area contributed by atoms with E-state index in [0.717, 1.165) is 0 Å². The number of anilines is 1. The van der Waals surface area contributed by atoms with Crippen LogP contribution in [0.2, 0.25) is 0 Å². The van der Waals surface area contributed by atoms with Crippen LogP contribution < -0.4 is 11.1 Å². The maximum atomic E-state index is 12.4. The molecule has 1 aliphatic rings. The number of oxazole rings is 1. The maximum absolute atomic E-state index is 12.4. The molecule has 2 heterocycles. The lowest BCUT2D eigenvalue weighted by atomic mass is 9.90. The van der Waals surface area contributed by atoms with Crippen molar-refractivity contribution in [1.29, 1.82) is 0 Å². The Morgan fingerprint density at radius 3 is 2.88 bits per heavy atom. The fourth-order valence-corrected chi connectivity index (χ4v) is 2.57. The van der Waals surface area contributed by atoms with E-state index in [1.54, 1.807) is 25.3 Å². The minimum absolute atomic E-state index is 0. The topological polar surface area (TPSA) is 99.6 Å². The molecule has 3 N–H and O–H groups in total. The Balaban J connectivity index is 0.00000208. The van der Waals surface area contributed by atoms with Gasteiger partial charge in [-0.2, -0.15) is 0 Å². The van der Waals surface area contributed by atoms with Crippen molar-refractivity contribution < 1.29 is 18.7 Å². The Morgan fingerprint density at radius 1 is 1.42 bits per heavy atom. The van der Waals surface area contributed by atoms with Crippen molar-refractivity contribution in [1.82, 2.24) is 4.98 Å². The summed E-state index contributed by atoms with van der Waals surface area (Å²) in [4.78, 5) is 16.8. The van der Waals surface area contributed by atoms with Crippen molar-refractivity contribution in [3.05, 3.63) is 24.1 Å². The van der Waals surface area contributed by atoms with Crippen LogP contribution in [0.3, 0.4) is 0 Å². The van der Waals surface area contributed by atoms with Gasteiger partial charge < -0.3 is 24.9 Å². The molecule has 1 fully saturated rings. The number of ether oxygens (including phenoxy) is 2. The third kappa shape index (κ3) is 4.05. The number of nitrogens with zero attached hydrogens (tertiary/aromatic N) is 1. The van der Waals surface area contributed by atoms with Crippen molar-refractivity contribution in [2.75, 3.05) is 32.2 Å². The summed E-state index contributed by atoms with van der Waals surface area (Å²) >= 11 is 0. The van der Waals surface area contributed by atoms with Gasteiger partial charge in [-0.25, -0.2) is 4.98 Å². The Hall–Kier alpha value is -1.67. The highest BCUT2D eigenvalue weighted by Gasteiger charge is 2.35. The lowest BCUT2D eigenvalue weighted by molar-refractivity contribution is -0.124. The van der Waals surface area contributed by atoms with E-state index in [-0.39, 0.29) is 18.3 Å². The van der Waals surface area contributed by atoms with Gasteiger partial charge in [-0.05, 0) is 31.0 Å². The number of methoxy groups -OCH3 is 1. The highest BCUT2D eigenvalue weighted by molar-refractivity contribution is 5.99. The van der Waals surface area contributed by atoms with Crippen molar-refractivity contribution in [2.24, 2.45) is 5.73 Å². The van der Waals surface area contributed by atoms with Crippen LogP contribution in [-0.4, -0.2) is 43.4 Å². The number of carbonyl (C=O) groups excluding carboxylic acids is 1. The normalized spacial score (nSPS) is 16.6. The molecule has 0 unspecified atom stereocenters. The molecule has 0 aliphatic carbocycles. The number of nitrogens with two attached hydrogens (primary N) is 1. The van der Waals surface area contributed by atoms with Gasteiger partial charge in [-0.3, -0.25) is 4.79 Å². The number of hydrogen-bond acceptors (Lipinski definition) is 6. The Bertz CT molecular complexity index is 698. The Labute approximate surface area is 146 Å². The fraction of sp³-hybridized carbons (Fsp3) is 0.500. The summed E-state index contributed by atoms with van der Waals surface area (Å²) < 4.78 is 15.9. The Kier molecular flexibility index (Phi) is 6.17. The first-order chi connectivity index (χ1) is 11.1. The molecule has 1 amide bonds. The number of amides is 1. The first kappa shape index (κ1) is 18.7. The van der Waals surface area contributed by atoms with Gasteiger partial charge in [-0.15, -0.1) is 12.4 Å². The van der Waals surface area contributed by atoms with Crippen LogP contribution in [0.15, 0.2) is 22.6 Å². The van der Waals surface area contributed by atoms with Crippen LogP contribution in [0.1, 0.15) is 18.7 Å². The summed E-state index contributed by atoms with van der Waals surface area (Å²) in [6.45, 7) is 1.57. The SMILES string of the molecule is COCCc1nc2cc(NC(=O)C3(N)CCOCC3)ccc2o1.Cl. The summed E-state index contributed by atoms with van der Waals surface area (Å²) in [5.41, 5.74) is 7.35. The first-order valence-corrected chi connectivity index (χ1v) is 7.67. The summed E-state index contributed by atoms with van der Waals surface area (Å²) in [6.07, 6.45) is 1.65. The summed E-state index contributed by atoms with van der Waals surface area (Å²) in [6, 6.07) is 5.37. The summed E-state index contributed by atoms with van der Waals surface area (Å²) in [5, 5.41) is 2.87. The standard InChI is InChI=1S/C16H21N3O4.ClH/c1-21-7-4-14-19-12-10-11(2-3-13(12)23-14)18-15(20)16(17)5-8-22-9-6-16;/h2-3,10H,4-9,17H2,1H3,(H,18,20);1H. The molecule has 24 heavy (non-hydrogen) atoms. The largest absolute Gasteiger partial charge is 0.441 e. The van der Waals surface area contributed by atoms with Crippen LogP contribution in [0.5, 0.6) is 0 Å². The molecular formula is C16H22ClN3O4. The molecule has 1 aromatic heterocycles.